The zero-order valence-electron chi connectivity index (χ0n) is 46.1. The molecule has 0 spiro atoms. The van der Waals surface area contributed by atoms with Gasteiger partial charge in [-0.1, -0.05) is 202 Å². The minimum atomic E-state index is 0.228. The smallest absolute Gasteiger partial charge is 0.0545 e. The molecule has 5 aliphatic carbocycles. The van der Waals surface area contributed by atoms with Crippen LogP contribution in [0.2, 0.25) is 0 Å². The molecule has 7 rings (SSSR count). The fraction of sp³-hybridized carbons (Fsp3) is 0.844. The second-order valence-electron chi connectivity index (χ2n) is 26.2. The monoisotopic (exact) mass is 922 g/mol. The number of anilines is 1. The average molecular weight is 923 g/mol. The van der Waals surface area contributed by atoms with Gasteiger partial charge in [0, 0.05) is 41.8 Å². The lowest BCUT2D eigenvalue weighted by atomic mass is 9.66. The lowest BCUT2D eigenvalue weighted by Gasteiger charge is -2.49. The van der Waals surface area contributed by atoms with E-state index < -0.39 is 0 Å². The standard InChI is InChI=1S/C38H59N.C26H52N2/c1-6-8-13-28-16-18-29(19-17-28)20-21-30(12-7-2)31-22-24-36-34(26-31)35-27-32(38(3,4)5)23-25-37(35)39(36)33-14-10-9-11-15-33;1-6-8-9-10-12-23(11-7-2)28(25-19-15-22(27)16-20-25)24-17-13-21(14-18-24)26(3,4)5/h9-11,14-15,23,25,27-31,34-37H,6-8,12-13,16-22,24,26H2,1-5H3;21-25H,6-20,27H2,1-5H3. The Kier molecular flexibility index (Phi) is 21.9. The van der Waals surface area contributed by atoms with E-state index in [2.05, 4.69) is 128 Å². The number of nitrogens with two attached hydrogens (primary N) is 1. The van der Waals surface area contributed by atoms with E-state index in [9.17, 15) is 0 Å². The van der Waals surface area contributed by atoms with Crippen LogP contribution in [0.15, 0.2) is 54.1 Å². The van der Waals surface area contributed by atoms with Crippen LogP contribution in [0.5, 0.6) is 0 Å². The van der Waals surface area contributed by atoms with Gasteiger partial charge in [0.1, 0.15) is 0 Å². The summed E-state index contributed by atoms with van der Waals surface area (Å²) in [4.78, 5) is 5.92. The van der Waals surface area contributed by atoms with Gasteiger partial charge in [-0.3, -0.25) is 4.90 Å². The van der Waals surface area contributed by atoms with Crippen LogP contribution < -0.4 is 10.6 Å². The van der Waals surface area contributed by atoms with E-state index in [4.69, 9.17) is 5.73 Å². The Hall–Kier alpha value is -1.58. The van der Waals surface area contributed by atoms with Crippen LogP contribution in [0.1, 0.15) is 255 Å². The van der Waals surface area contributed by atoms with E-state index in [1.807, 2.05) is 0 Å². The van der Waals surface area contributed by atoms with E-state index in [1.165, 1.54) is 192 Å². The zero-order chi connectivity index (χ0) is 48.0. The molecule has 67 heavy (non-hydrogen) atoms. The predicted octanol–water partition coefficient (Wildman–Crippen LogP) is 18.3. The summed E-state index contributed by atoms with van der Waals surface area (Å²) in [5.41, 5.74) is 9.98. The van der Waals surface area contributed by atoms with Crippen molar-refractivity contribution in [3.05, 3.63) is 54.1 Å². The number of unbranched alkanes of at least 4 members (excludes halogenated alkanes) is 4. The van der Waals surface area contributed by atoms with Crippen LogP contribution in [-0.4, -0.2) is 41.2 Å². The Balaban J connectivity index is 0.000000234. The van der Waals surface area contributed by atoms with Crippen molar-refractivity contribution in [2.45, 2.75) is 292 Å². The first-order valence-electron chi connectivity index (χ1n) is 30.0. The summed E-state index contributed by atoms with van der Waals surface area (Å²) in [6, 6.07) is 15.5. The van der Waals surface area contributed by atoms with Crippen LogP contribution >= 0.6 is 0 Å². The first-order chi connectivity index (χ1) is 32.2. The molecule has 1 aromatic carbocycles. The Morgan fingerprint density at radius 2 is 1.25 bits per heavy atom. The van der Waals surface area contributed by atoms with E-state index in [-0.39, 0.29) is 5.41 Å². The molecule has 7 unspecified atom stereocenters. The van der Waals surface area contributed by atoms with Crippen molar-refractivity contribution in [3.63, 3.8) is 0 Å². The molecule has 0 radical (unpaired) electrons. The van der Waals surface area contributed by atoms with Gasteiger partial charge in [-0.25, -0.2) is 0 Å². The highest BCUT2D eigenvalue weighted by molar-refractivity contribution is 5.54. The molecule has 2 N–H and O–H groups in total. The Morgan fingerprint density at radius 1 is 0.627 bits per heavy atom. The predicted molar refractivity (Wildman–Crippen MR) is 295 cm³/mol. The maximum atomic E-state index is 6.27. The quantitative estimate of drug-likeness (QED) is 0.132. The Labute approximate surface area is 417 Å². The SMILES string of the molecule is CCCCC1CCC(CCC(CCC)C2CCC3C(C2)C2C=C(C(C)(C)C)C=CC2N3c2ccccc2)CC1.CCCCCCC(CCC)N(C1CCC(N)CC1)C1CCC(C(C)(C)C)CC1. The van der Waals surface area contributed by atoms with Gasteiger partial charge in [0.2, 0.25) is 0 Å². The maximum Gasteiger partial charge on any atom is 0.0545 e. The molecular formula is C64H111N3. The second-order valence-corrected chi connectivity index (χ2v) is 26.2. The average Bonchev–Trinajstić information content (AvgIpc) is 3.65. The van der Waals surface area contributed by atoms with Crippen molar-refractivity contribution in [1.29, 1.82) is 0 Å². The molecule has 1 aliphatic heterocycles. The summed E-state index contributed by atoms with van der Waals surface area (Å²) in [6.45, 7) is 24.0. The highest BCUT2D eigenvalue weighted by Gasteiger charge is 2.51. The number of hydrogen-bond acceptors (Lipinski definition) is 3. The maximum absolute atomic E-state index is 6.27. The highest BCUT2D eigenvalue weighted by atomic mass is 15.2. The van der Waals surface area contributed by atoms with E-state index in [1.54, 1.807) is 5.57 Å². The third-order valence-electron chi connectivity index (χ3n) is 19.4. The van der Waals surface area contributed by atoms with Crippen LogP contribution in [0.3, 0.4) is 0 Å². The molecule has 3 heteroatoms. The van der Waals surface area contributed by atoms with Gasteiger partial charge >= 0.3 is 0 Å². The number of benzene rings is 1. The molecule has 4 saturated carbocycles. The normalized spacial score (nSPS) is 32.2. The Morgan fingerprint density at radius 3 is 1.85 bits per heavy atom. The van der Waals surface area contributed by atoms with Crippen molar-refractivity contribution < 1.29 is 0 Å². The summed E-state index contributed by atoms with van der Waals surface area (Å²) in [5.74, 6) is 6.32. The van der Waals surface area contributed by atoms with Crippen LogP contribution in [-0.2, 0) is 0 Å². The van der Waals surface area contributed by atoms with Crippen molar-refractivity contribution in [1.82, 2.24) is 4.90 Å². The first kappa shape index (κ1) is 54.7. The number of rotatable bonds is 20. The number of hydrogen-bond donors (Lipinski definition) is 1. The van der Waals surface area contributed by atoms with Gasteiger partial charge < -0.3 is 10.6 Å². The number of para-hydroxylation sites is 1. The van der Waals surface area contributed by atoms with Crippen molar-refractivity contribution in [2.75, 3.05) is 4.90 Å². The van der Waals surface area contributed by atoms with E-state index in [0.717, 1.165) is 53.6 Å². The largest absolute Gasteiger partial charge is 0.361 e. The van der Waals surface area contributed by atoms with E-state index >= 15 is 0 Å². The summed E-state index contributed by atoms with van der Waals surface area (Å²) < 4.78 is 0. The van der Waals surface area contributed by atoms with Crippen molar-refractivity contribution in [3.8, 4) is 0 Å². The third-order valence-corrected chi connectivity index (χ3v) is 19.4. The summed E-state index contributed by atoms with van der Waals surface area (Å²) in [7, 11) is 0. The van der Waals surface area contributed by atoms with Crippen LogP contribution in [0, 0.1) is 52.3 Å². The lowest BCUT2D eigenvalue weighted by molar-refractivity contribution is 0.00950. The zero-order valence-corrected chi connectivity index (χ0v) is 46.1. The molecule has 0 amide bonds. The fourth-order valence-corrected chi connectivity index (χ4v) is 15.3. The number of nitrogens with zero attached hydrogens (tertiary/aromatic N) is 2. The van der Waals surface area contributed by atoms with Crippen molar-refractivity contribution >= 4 is 5.69 Å². The van der Waals surface area contributed by atoms with E-state index in [0.29, 0.717) is 29.5 Å². The molecule has 0 bridgehead atoms. The van der Waals surface area contributed by atoms with Gasteiger partial charge in [0.05, 0.1) is 6.04 Å². The van der Waals surface area contributed by atoms with Gasteiger partial charge in [-0.2, -0.15) is 0 Å². The van der Waals surface area contributed by atoms with Gasteiger partial charge in [-0.15, -0.1) is 0 Å². The molecule has 3 nitrogen and oxygen atoms in total. The minimum Gasteiger partial charge on any atom is -0.361 e. The summed E-state index contributed by atoms with van der Waals surface area (Å²) >= 11 is 0. The molecule has 1 aromatic rings. The number of fused-ring (bicyclic) bond motifs is 3. The molecule has 5 fully saturated rings. The van der Waals surface area contributed by atoms with Gasteiger partial charge in [0.25, 0.3) is 0 Å². The molecule has 1 heterocycles. The topological polar surface area (TPSA) is 32.5 Å². The van der Waals surface area contributed by atoms with Gasteiger partial charge in [0.15, 0.2) is 0 Å². The second kappa shape index (κ2) is 26.7. The molecule has 6 aliphatic rings. The molecule has 382 valence electrons. The van der Waals surface area contributed by atoms with Crippen LogP contribution in [0.25, 0.3) is 0 Å². The third kappa shape index (κ3) is 15.5. The summed E-state index contributed by atoms with van der Waals surface area (Å²) in [5, 5.41) is 0. The van der Waals surface area contributed by atoms with Gasteiger partial charge in [-0.05, 0) is 154 Å². The van der Waals surface area contributed by atoms with Crippen LogP contribution in [0.4, 0.5) is 5.69 Å². The molecule has 0 aromatic heterocycles. The minimum absolute atomic E-state index is 0.228. The fourth-order valence-electron chi connectivity index (χ4n) is 15.3. The molecular weight excluding hydrogens is 811 g/mol. The van der Waals surface area contributed by atoms with Crippen molar-refractivity contribution in [2.24, 2.45) is 58.0 Å². The molecule has 7 atom stereocenters. The lowest BCUT2D eigenvalue weighted by Crippen LogP contribution is -2.53. The molecule has 1 saturated heterocycles. The number of allylic oxidation sites excluding steroid dienone is 2. The highest BCUT2D eigenvalue weighted by Crippen LogP contribution is 2.53. The first-order valence-corrected chi connectivity index (χ1v) is 30.0. The Bertz CT molecular complexity index is 1560. The summed E-state index contributed by atoms with van der Waals surface area (Å²) in [6.07, 6.45) is 48.9.